The lowest BCUT2D eigenvalue weighted by molar-refractivity contribution is 0.0858. The Labute approximate surface area is 159 Å². The summed E-state index contributed by atoms with van der Waals surface area (Å²) < 4.78 is 7.07. The van der Waals surface area contributed by atoms with Crippen LogP contribution in [0.15, 0.2) is 24.3 Å². The molecular formula is C20H28INO2. The molecule has 132 valence electrons. The molecule has 0 saturated heterocycles. The molecular weight excluding hydrogens is 413 g/mol. The normalized spacial score (nSPS) is 26.3. The first kappa shape index (κ1) is 18.0. The molecule has 3 unspecified atom stereocenters. The van der Waals surface area contributed by atoms with E-state index in [4.69, 9.17) is 4.74 Å². The first-order valence-electron chi connectivity index (χ1n) is 9.36. The van der Waals surface area contributed by atoms with Gasteiger partial charge in [-0.25, -0.2) is 4.79 Å². The van der Waals surface area contributed by atoms with E-state index in [1.54, 1.807) is 0 Å². The van der Waals surface area contributed by atoms with Gasteiger partial charge in [-0.3, -0.25) is 0 Å². The molecule has 0 radical (unpaired) electrons. The average molecular weight is 441 g/mol. The molecule has 2 saturated carbocycles. The van der Waals surface area contributed by atoms with Gasteiger partial charge in [-0.15, -0.1) is 0 Å². The summed E-state index contributed by atoms with van der Waals surface area (Å²) >= 11 is 2.36. The van der Waals surface area contributed by atoms with Gasteiger partial charge in [0.05, 0.1) is 0 Å². The smallest absolute Gasteiger partial charge is 0.407 e. The van der Waals surface area contributed by atoms with Crippen LogP contribution in [0, 0.1) is 15.4 Å². The molecule has 1 aromatic rings. The maximum absolute atomic E-state index is 12.4. The number of unbranched alkanes of at least 4 members (excludes halogenated alkanes) is 1. The minimum absolute atomic E-state index is 0.0283. The van der Waals surface area contributed by atoms with Crippen LogP contribution >= 0.6 is 22.6 Å². The van der Waals surface area contributed by atoms with Crippen molar-refractivity contribution in [2.24, 2.45) is 11.8 Å². The Hall–Kier alpha value is -0.780. The van der Waals surface area contributed by atoms with Crippen molar-refractivity contribution in [2.45, 2.75) is 70.4 Å². The second-order valence-electron chi connectivity index (χ2n) is 7.39. The number of nitrogens with one attached hydrogen (secondary N) is 1. The van der Waals surface area contributed by atoms with E-state index in [1.165, 1.54) is 28.4 Å². The second-order valence-corrected chi connectivity index (χ2v) is 8.55. The number of halogens is 1. The lowest BCUT2D eigenvalue weighted by atomic mass is 9.96. The number of fused-ring (bicyclic) bond motifs is 2. The zero-order valence-electron chi connectivity index (χ0n) is 14.5. The van der Waals surface area contributed by atoms with Crippen molar-refractivity contribution in [3.63, 3.8) is 0 Å². The van der Waals surface area contributed by atoms with Crippen molar-refractivity contribution < 1.29 is 9.53 Å². The third kappa shape index (κ3) is 4.64. The van der Waals surface area contributed by atoms with Gasteiger partial charge in [-0.05, 0) is 71.7 Å². The lowest BCUT2D eigenvalue weighted by Gasteiger charge is -2.25. The number of alkyl carbamates (subject to hydrolysis) is 1. The van der Waals surface area contributed by atoms with Gasteiger partial charge < -0.3 is 10.1 Å². The molecule has 4 heteroatoms. The Morgan fingerprint density at radius 3 is 2.83 bits per heavy atom. The number of ether oxygens (including phenoxy) is 1. The molecule has 1 aromatic carbocycles. The fourth-order valence-electron chi connectivity index (χ4n) is 4.30. The molecule has 1 amide bonds. The number of amides is 1. The molecule has 0 heterocycles. The van der Waals surface area contributed by atoms with Crippen molar-refractivity contribution >= 4 is 28.7 Å². The highest BCUT2D eigenvalue weighted by atomic mass is 127. The standard InChI is InChI=1S/C20H28INO2/c1-2-3-7-17(13-15-6-4-5-8-18(15)21)24-20(23)22-19-12-14-9-10-16(19)11-14/h4-6,8,14,16-17,19H,2-3,7,9-13H2,1H3,(H,22,23)/t14?,16?,17-,19?/m0/s1. The zero-order valence-corrected chi connectivity index (χ0v) is 16.6. The summed E-state index contributed by atoms with van der Waals surface area (Å²) in [5.41, 5.74) is 1.27. The van der Waals surface area contributed by atoms with E-state index in [9.17, 15) is 4.79 Å². The Balaban J connectivity index is 1.55. The minimum atomic E-state index is -0.209. The first-order valence-corrected chi connectivity index (χ1v) is 10.4. The monoisotopic (exact) mass is 441 g/mol. The van der Waals surface area contributed by atoms with Crippen LogP contribution in [-0.2, 0) is 11.2 Å². The van der Waals surface area contributed by atoms with Crippen molar-refractivity contribution in [3.8, 4) is 0 Å². The molecule has 2 aliphatic carbocycles. The molecule has 0 aromatic heterocycles. The summed E-state index contributed by atoms with van der Waals surface area (Å²) in [6, 6.07) is 8.71. The Morgan fingerprint density at radius 1 is 1.33 bits per heavy atom. The largest absolute Gasteiger partial charge is 0.446 e. The van der Waals surface area contributed by atoms with Crippen molar-refractivity contribution in [1.29, 1.82) is 0 Å². The molecule has 2 bridgehead atoms. The number of carbonyl (C=O) groups excluding carboxylic acids is 1. The van der Waals surface area contributed by atoms with Crippen LogP contribution in [0.5, 0.6) is 0 Å². The Bertz CT molecular complexity index is 562. The van der Waals surface area contributed by atoms with Gasteiger partial charge in [0.2, 0.25) is 0 Å². The zero-order chi connectivity index (χ0) is 16.9. The quantitative estimate of drug-likeness (QED) is 0.583. The number of carbonyl (C=O) groups is 1. The fraction of sp³-hybridized carbons (Fsp3) is 0.650. The predicted octanol–water partition coefficient (Wildman–Crippen LogP) is 5.31. The Kier molecular flexibility index (Phi) is 6.42. The SMILES string of the molecule is CCCC[C@@H](Cc1ccccc1I)OC(=O)NC1CC2CCC1C2. The highest BCUT2D eigenvalue weighted by Crippen LogP contribution is 2.44. The first-order chi connectivity index (χ1) is 11.7. The summed E-state index contributed by atoms with van der Waals surface area (Å²) in [4.78, 5) is 12.4. The molecule has 1 N–H and O–H groups in total. The van der Waals surface area contributed by atoms with Crippen molar-refractivity contribution in [2.75, 3.05) is 0 Å². The van der Waals surface area contributed by atoms with Crippen LogP contribution in [0.3, 0.4) is 0 Å². The molecule has 2 aliphatic rings. The molecule has 4 atom stereocenters. The average Bonchev–Trinajstić information content (AvgIpc) is 3.17. The van der Waals surface area contributed by atoms with E-state index in [1.807, 2.05) is 0 Å². The summed E-state index contributed by atoms with van der Waals surface area (Å²) in [7, 11) is 0. The second kappa shape index (κ2) is 8.54. The number of hydrogen-bond acceptors (Lipinski definition) is 2. The fourth-order valence-corrected chi connectivity index (χ4v) is 4.91. The highest BCUT2D eigenvalue weighted by molar-refractivity contribution is 14.1. The van der Waals surface area contributed by atoms with Crippen LogP contribution in [-0.4, -0.2) is 18.2 Å². The van der Waals surface area contributed by atoms with Crippen LogP contribution in [0.2, 0.25) is 0 Å². The van der Waals surface area contributed by atoms with E-state index < -0.39 is 0 Å². The van der Waals surface area contributed by atoms with Crippen LogP contribution < -0.4 is 5.32 Å². The van der Waals surface area contributed by atoms with E-state index in [-0.39, 0.29) is 12.2 Å². The topological polar surface area (TPSA) is 38.3 Å². The van der Waals surface area contributed by atoms with Crippen molar-refractivity contribution in [1.82, 2.24) is 5.32 Å². The van der Waals surface area contributed by atoms with Crippen LogP contribution in [0.4, 0.5) is 4.79 Å². The third-order valence-corrected chi connectivity index (χ3v) is 6.65. The number of hydrogen-bond donors (Lipinski definition) is 1. The highest BCUT2D eigenvalue weighted by Gasteiger charge is 2.40. The van der Waals surface area contributed by atoms with E-state index >= 15 is 0 Å². The molecule has 3 rings (SSSR count). The molecule has 0 aliphatic heterocycles. The van der Waals surface area contributed by atoms with Crippen molar-refractivity contribution in [3.05, 3.63) is 33.4 Å². The number of rotatable bonds is 7. The maximum atomic E-state index is 12.4. The maximum Gasteiger partial charge on any atom is 0.407 e. The Morgan fingerprint density at radius 2 is 2.17 bits per heavy atom. The van der Waals surface area contributed by atoms with Gasteiger partial charge in [0.1, 0.15) is 6.10 Å². The van der Waals surface area contributed by atoms with Gasteiger partial charge in [-0.1, -0.05) is 44.4 Å². The molecule has 3 nitrogen and oxygen atoms in total. The van der Waals surface area contributed by atoms with Crippen LogP contribution in [0.1, 0.15) is 57.4 Å². The van der Waals surface area contributed by atoms with Gasteiger partial charge in [0.25, 0.3) is 0 Å². The van der Waals surface area contributed by atoms with Gasteiger partial charge in [0.15, 0.2) is 0 Å². The molecule has 0 spiro atoms. The molecule has 24 heavy (non-hydrogen) atoms. The van der Waals surface area contributed by atoms with Gasteiger partial charge >= 0.3 is 6.09 Å². The predicted molar refractivity (Wildman–Crippen MR) is 105 cm³/mol. The van der Waals surface area contributed by atoms with E-state index in [0.717, 1.165) is 38.0 Å². The van der Waals surface area contributed by atoms with Gasteiger partial charge in [-0.2, -0.15) is 0 Å². The lowest BCUT2D eigenvalue weighted by Crippen LogP contribution is -2.40. The minimum Gasteiger partial charge on any atom is -0.446 e. The van der Waals surface area contributed by atoms with E-state index in [0.29, 0.717) is 12.0 Å². The summed E-state index contributed by atoms with van der Waals surface area (Å²) in [5.74, 6) is 1.52. The summed E-state index contributed by atoms with van der Waals surface area (Å²) in [6.07, 6.45) is 8.80. The third-order valence-electron chi connectivity index (χ3n) is 5.60. The summed E-state index contributed by atoms with van der Waals surface area (Å²) in [5, 5.41) is 3.15. The van der Waals surface area contributed by atoms with E-state index in [2.05, 4.69) is 59.1 Å². The van der Waals surface area contributed by atoms with Crippen LogP contribution in [0.25, 0.3) is 0 Å². The van der Waals surface area contributed by atoms with Gasteiger partial charge in [0, 0.05) is 16.0 Å². The number of benzene rings is 1. The molecule has 2 fully saturated rings. The summed E-state index contributed by atoms with van der Waals surface area (Å²) in [6.45, 7) is 2.18.